The summed E-state index contributed by atoms with van der Waals surface area (Å²) in [5.74, 6) is 0.592. The molecule has 0 aliphatic heterocycles. The van der Waals surface area contributed by atoms with Crippen LogP contribution >= 0.6 is 11.6 Å². The monoisotopic (exact) mass is 424 g/mol. The van der Waals surface area contributed by atoms with Crippen LogP contribution in [0.3, 0.4) is 0 Å². The Kier molecular flexibility index (Phi) is 5.52. The Bertz CT molecular complexity index is 1100. The highest BCUT2D eigenvalue weighted by molar-refractivity contribution is 6.32. The molecule has 0 saturated heterocycles. The first kappa shape index (κ1) is 20.7. The van der Waals surface area contributed by atoms with Crippen LogP contribution in [0.1, 0.15) is 38.7 Å². The van der Waals surface area contributed by atoms with E-state index in [4.69, 9.17) is 16.0 Å². The number of halogens is 4. The van der Waals surface area contributed by atoms with E-state index < -0.39 is 17.6 Å². The first-order valence-electron chi connectivity index (χ1n) is 8.41. The van der Waals surface area contributed by atoms with Gasteiger partial charge in [-0.2, -0.15) is 23.4 Å². The van der Waals surface area contributed by atoms with Crippen molar-refractivity contribution in [3.05, 3.63) is 69.4 Å². The Morgan fingerprint density at radius 1 is 1.28 bits per heavy atom. The van der Waals surface area contributed by atoms with Crippen molar-refractivity contribution in [2.45, 2.75) is 26.9 Å². The molecule has 10 heteroatoms. The third-order valence-corrected chi connectivity index (χ3v) is 4.48. The molecule has 2 aromatic heterocycles. The van der Waals surface area contributed by atoms with Gasteiger partial charge in [0.05, 0.1) is 34.3 Å². The summed E-state index contributed by atoms with van der Waals surface area (Å²) in [6, 6.07) is 6.23. The summed E-state index contributed by atoms with van der Waals surface area (Å²) in [5.41, 5.74) is 2.85. The highest BCUT2D eigenvalue weighted by Crippen LogP contribution is 2.31. The molecule has 0 spiro atoms. The van der Waals surface area contributed by atoms with Gasteiger partial charge in [0.1, 0.15) is 16.7 Å². The lowest BCUT2D eigenvalue weighted by Crippen LogP contribution is -2.17. The van der Waals surface area contributed by atoms with Crippen molar-refractivity contribution in [2.75, 3.05) is 0 Å². The molecule has 0 radical (unpaired) electrons. The van der Waals surface area contributed by atoms with E-state index in [2.05, 4.69) is 15.6 Å². The lowest BCUT2D eigenvalue weighted by Gasteiger charge is -2.09. The van der Waals surface area contributed by atoms with Gasteiger partial charge in [0, 0.05) is 0 Å². The molecule has 0 fully saturated rings. The van der Waals surface area contributed by atoms with Gasteiger partial charge >= 0.3 is 6.18 Å². The van der Waals surface area contributed by atoms with Crippen LogP contribution in [-0.4, -0.2) is 21.9 Å². The molecule has 0 atom stereocenters. The number of carbonyl (C=O) groups is 1. The zero-order chi connectivity index (χ0) is 21.3. The van der Waals surface area contributed by atoms with Crippen molar-refractivity contribution in [3.8, 4) is 5.69 Å². The maximum absolute atomic E-state index is 12.9. The molecule has 2 heterocycles. The zero-order valence-electron chi connectivity index (χ0n) is 15.6. The third-order valence-electron chi connectivity index (χ3n) is 4.11. The van der Waals surface area contributed by atoms with E-state index in [-0.39, 0.29) is 10.8 Å². The number of aromatic nitrogens is 2. The van der Waals surface area contributed by atoms with Gasteiger partial charge in [-0.1, -0.05) is 17.7 Å². The Balaban J connectivity index is 1.84. The van der Waals surface area contributed by atoms with Crippen molar-refractivity contribution in [2.24, 2.45) is 5.10 Å². The Morgan fingerprint density at radius 2 is 2.00 bits per heavy atom. The maximum Gasteiger partial charge on any atom is 0.416 e. The number of benzene rings is 1. The first-order valence-corrected chi connectivity index (χ1v) is 8.79. The van der Waals surface area contributed by atoms with E-state index in [9.17, 15) is 18.0 Å². The predicted molar refractivity (Wildman–Crippen MR) is 102 cm³/mol. The normalized spacial score (nSPS) is 12.0. The Labute approximate surface area is 169 Å². The smallest absolute Gasteiger partial charge is 0.416 e. The van der Waals surface area contributed by atoms with E-state index in [0.717, 1.165) is 12.1 Å². The topological polar surface area (TPSA) is 72.4 Å². The molecule has 0 saturated carbocycles. The molecule has 0 aliphatic rings. The number of carbonyl (C=O) groups excluding carboxylic acids is 1. The summed E-state index contributed by atoms with van der Waals surface area (Å²) in [6.45, 7) is 5.01. The molecule has 0 unspecified atom stereocenters. The van der Waals surface area contributed by atoms with Crippen LogP contribution in [0.2, 0.25) is 5.15 Å². The third kappa shape index (κ3) is 4.34. The number of hydrogen-bond donors (Lipinski definition) is 1. The number of hydrazone groups is 1. The van der Waals surface area contributed by atoms with Gasteiger partial charge in [-0.05, 0) is 45.0 Å². The van der Waals surface area contributed by atoms with E-state index in [1.54, 1.807) is 26.8 Å². The van der Waals surface area contributed by atoms with Gasteiger partial charge in [0.25, 0.3) is 5.91 Å². The molecule has 1 N–H and O–H groups in total. The molecule has 1 aromatic carbocycles. The lowest BCUT2D eigenvalue weighted by molar-refractivity contribution is -0.137. The summed E-state index contributed by atoms with van der Waals surface area (Å²) >= 11 is 6.29. The van der Waals surface area contributed by atoms with Crippen LogP contribution in [-0.2, 0) is 6.18 Å². The average Bonchev–Trinajstić information content (AvgIpc) is 3.13. The van der Waals surface area contributed by atoms with Crippen molar-refractivity contribution < 1.29 is 22.4 Å². The summed E-state index contributed by atoms with van der Waals surface area (Å²) in [7, 11) is 0. The van der Waals surface area contributed by atoms with Crippen LogP contribution in [0.4, 0.5) is 13.2 Å². The second kappa shape index (κ2) is 7.75. The molecule has 3 rings (SSSR count). The lowest BCUT2D eigenvalue weighted by atomic mass is 10.2. The first-order chi connectivity index (χ1) is 13.6. The molecular formula is C19H16ClF3N4O2. The molecule has 152 valence electrons. The zero-order valence-corrected chi connectivity index (χ0v) is 16.4. The molecule has 6 nitrogen and oxygen atoms in total. The summed E-state index contributed by atoms with van der Waals surface area (Å²) < 4.78 is 45.3. The summed E-state index contributed by atoms with van der Waals surface area (Å²) in [5, 5.41) is 8.11. The second-order valence-corrected chi connectivity index (χ2v) is 6.63. The number of alkyl halides is 3. The molecule has 1 amide bonds. The van der Waals surface area contributed by atoms with Gasteiger partial charge < -0.3 is 4.42 Å². The van der Waals surface area contributed by atoms with Crippen LogP contribution in [0.5, 0.6) is 0 Å². The molecular weight excluding hydrogens is 409 g/mol. The molecule has 3 aromatic rings. The van der Waals surface area contributed by atoms with Gasteiger partial charge in [0.2, 0.25) is 0 Å². The van der Waals surface area contributed by atoms with E-state index in [1.165, 1.54) is 23.0 Å². The number of aryl methyl sites for hydroxylation is 3. The van der Waals surface area contributed by atoms with Crippen LogP contribution in [0.25, 0.3) is 5.69 Å². The highest BCUT2D eigenvalue weighted by Gasteiger charge is 2.30. The fraction of sp³-hybridized carbons (Fsp3) is 0.211. The minimum atomic E-state index is -4.48. The maximum atomic E-state index is 12.9. The average molecular weight is 425 g/mol. The number of furan rings is 1. The minimum Gasteiger partial charge on any atom is -0.466 e. The SMILES string of the molecule is Cc1cc(C(=O)NN=Cc2c(C)nn(-c3cccc(C(F)(F)F)c3)c2Cl)c(C)o1. The second-order valence-electron chi connectivity index (χ2n) is 6.28. The van der Waals surface area contributed by atoms with Gasteiger partial charge in [-0.15, -0.1) is 0 Å². The number of nitrogens with zero attached hydrogens (tertiary/aromatic N) is 3. The van der Waals surface area contributed by atoms with E-state index in [0.29, 0.717) is 28.3 Å². The van der Waals surface area contributed by atoms with Crippen molar-refractivity contribution in [1.82, 2.24) is 15.2 Å². The van der Waals surface area contributed by atoms with Crippen LogP contribution < -0.4 is 5.43 Å². The van der Waals surface area contributed by atoms with E-state index in [1.807, 2.05) is 0 Å². The predicted octanol–water partition coefficient (Wildman–Crippen LogP) is 4.83. The number of rotatable bonds is 4. The molecule has 0 aliphatic carbocycles. The van der Waals surface area contributed by atoms with Crippen molar-refractivity contribution >= 4 is 23.7 Å². The quantitative estimate of drug-likeness (QED) is 0.481. The standard InChI is InChI=1S/C19H16ClF3N4O2/c1-10-7-15(12(3)29-10)18(28)25-24-9-16-11(2)26-27(17(16)20)14-6-4-5-13(8-14)19(21,22)23/h4-9H,1-3H3,(H,25,28). The minimum absolute atomic E-state index is 0.0650. The van der Waals surface area contributed by atoms with Gasteiger partial charge in [-0.25, -0.2) is 10.1 Å². The number of nitrogens with one attached hydrogen (secondary N) is 1. The van der Waals surface area contributed by atoms with Crippen molar-refractivity contribution in [3.63, 3.8) is 0 Å². The number of hydrogen-bond acceptors (Lipinski definition) is 4. The Hall–Kier alpha value is -3.07. The summed E-state index contributed by atoms with van der Waals surface area (Å²) in [6.07, 6.45) is -3.20. The largest absolute Gasteiger partial charge is 0.466 e. The molecule has 0 bridgehead atoms. The molecule has 29 heavy (non-hydrogen) atoms. The highest BCUT2D eigenvalue weighted by atomic mass is 35.5. The van der Waals surface area contributed by atoms with Crippen LogP contribution in [0.15, 0.2) is 39.9 Å². The fourth-order valence-electron chi connectivity index (χ4n) is 2.71. The Morgan fingerprint density at radius 3 is 2.62 bits per heavy atom. The number of amides is 1. The van der Waals surface area contributed by atoms with Crippen LogP contribution in [0, 0.1) is 20.8 Å². The van der Waals surface area contributed by atoms with Gasteiger partial charge in [-0.3, -0.25) is 4.79 Å². The summed E-state index contributed by atoms with van der Waals surface area (Å²) in [4.78, 5) is 12.2. The van der Waals surface area contributed by atoms with Gasteiger partial charge in [0.15, 0.2) is 0 Å². The fourth-order valence-corrected chi connectivity index (χ4v) is 3.04. The van der Waals surface area contributed by atoms with E-state index >= 15 is 0 Å². The van der Waals surface area contributed by atoms with Crippen molar-refractivity contribution in [1.29, 1.82) is 0 Å².